The lowest BCUT2D eigenvalue weighted by Gasteiger charge is -2.34. The van der Waals surface area contributed by atoms with Crippen LogP contribution in [0.3, 0.4) is 0 Å². The van der Waals surface area contributed by atoms with E-state index in [2.05, 4.69) is 42.3 Å². The van der Waals surface area contributed by atoms with E-state index in [9.17, 15) is 4.79 Å². The van der Waals surface area contributed by atoms with Gasteiger partial charge < -0.3 is 19.9 Å². The maximum absolute atomic E-state index is 12.6. The predicted molar refractivity (Wildman–Crippen MR) is 115 cm³/mol. The highest BCUT2D eigenvalue weighted by Crippen LogP contribution is 2.28. The van der Waals surface area contributed by atoms with Crippen molar-refractivity contribution in [2.45, 2.75) is 26.7 Å². The van der Waals surface area contributed by atoms with Crippen LogP contribution in [0, 0.1) is 0 Å². The van der Waals surface area contributed by atoms with Gasteiger partial charge in [-0.05, 0) is 36.6 Å². The SMILES string of the molecule is CCOc1ccccc1N1CC[NH+](CC(=O)Nc2ccccc2C(C)C)CC1. The van der Waals surface area contributed by atoms with Crippen LogP contribution in [0.25, 0.3) is 0 Å². The molecule has 0 bridgehead atoms. The summed E-state index contributed by atoms with van der Waals surface area (Å²) in [7, 11) is 0. The van der Waals surface area contributed by atoms with Gasteiger partial charge in [0.05, 0.1) is 38.5 Å². The van der Waals surface area contributed by atoms with E-state index in [-0.39, 0.29) is 5.91 Å². The largest absolute Gasteiger partial charge is 0.492 e. The summed E-state index contributed by atoms with van der Waals surface area (Å²) in [5.74, 6) is 1.42. The second-order valence-electron chi connectivity index (χ2n) is 7.60. The molecule has 2 aromatic carbocycles. The van der Waals surface area contributed by atoms with Gasteiger partial charge in [-0.2, -0.15) is 0 Å². The van der Waals surface area contributed by atoms with Crippen LogP contribution in [0.4, 0.5) is 11.4 Å². The molecule has 1 saturated heterocycles. The van der Waals surface area contributed by atoms with E-state index in [0.717, 1.165) is 43.3 Å². The van der Waals surface area contributed by atoms with Crippen LogP contribution in [-0.2, 0) is 4.79 Å². The zero-order chi connectivity index (χ0) is 19.9. The second-order valence-corrected chi connectivity index (χ2v) is 7.60. The summed E-state index contributed by atoms with van der Waals surface area (Å²) in [5.41, 5.74) is 3.27. The number of quaternary nitrogens is 1. The molecule has 0 aromatic heterocycles. The number of nitrogens with zero attached hydrogens (tertiary/aromatic N) is 1. The van der Waals surface area contributed by atoms with Crippen molar-refractivity contribution < 1.29 is 14.4 Å². The lowest BCUT2D eigenvalue weighted by molar-refractivity contribution is -0.892. The zero-order valence-electron chi connectivity index (χ0n) is 17.2. The fraction of sp³-hybridized carbons (Fsp3) is 0.435. The Balaban J connectivity index is 1.54. The third kappa shape index (κ3) is 5.04. The van der Waals surface area contributed by atoms with Gasteiger partial charge >= 0.3 is 0 Å². The minimum Gasteiger partial charge on any atom is -0.492 e. The molecule has 0 atom stereocenters. The molecule has 1 amide bonds. The summed E-state index contributed by atoms with van der Waals surface area (Å²) in [6.07, 6.45) is 0. The Hall–Kier alpha value is -2.53. The van der Waals surface area contributed by atoms with Gasteiger partial charge in [-0.25, -0.2) is 0 Å². The molecule has 1 aliphatic rings. The fourth-order valence-electron chi connectivity index (χ4n) is 3.77. The lowest BCUT2D eigenvalue weighted by atomic mass is 10.0. The number of carbonyl (C=O) groups excluding carboxylic acids is 1. The first-order valence-corrected chi connectivity index (χ1v) is 10.3. The third-order valence-corrected chi connectivity index (χ3v) is 5.24. The number of anilines is 2. The second kappa shape index (κ2) is 9.60. The van der Waals surface area contributed by atoms with E-state index in [1.165, 1.54) is 10.5 Å². The molecule has 2 aromatic rings. The first-order chi connectivity index (χ1) is 13.6. The van der Waals surface area contributed by atoms with Crippen molar-refractivity contribution in [3.8, 4) is 5.75 Å². The molecule has 0 unspecified atom stereocenters. The fourth-order valence-corrected chi connectivity index (χ4v) is 3.77. The summed E-state index contributed by atoms with van der Waals surface area (Å²) in [6.45, 7) is 11.2. The van der Waals surface area contributed by atoms with E-state index in [0.29, 0.717) is 19.1 Å². The summed E-state index contributed by atoms with van der Waals surface area (Å²) in [4.78, 5) is 16.3. The Morgan fingerprint density at radius 2 is 1.79 bits per heavy atom. The van der Waals surface area contributed by atoms with Gasteiger partial charge in [-0.1, -0.05) is 44.2 Å². The number of ether oxygens (including phenoxy) is 1. The Morgan fingerprint density at radius 3 is 2.50 bits per heavy atom. The molecule has 2 N–H and O–H groups in total. The van der Waals surface area contributed by atoms with E-state index < -0.39 is 0 Å². The number of para-hydroxylation sites is 3. The van der Waals surface area contributed by atoms with Gasteiger partial charge in [0, 0.05) is 5.69 Å². The molecule has 0 spiro atoms. The average molecular weight is 383 g/mol. The Kier molecular flexibility index (Phi) is 6.93. The first-order valence-electron chi connectivity index (χ1n) is 10.3. The molecule has 0 radical (unpaired) electrons. The number of rotatable bonds is 7. The van der Waals surface area contributed by atoms with Crippen molar-refractivity contribution in [1.82, 2.24) is 0 Å². The monoisotopic (exact) mass is 382 g/mol. The highest BCUT2D eigenvalue weighted by molar-refractivity contribution is 5.92. The summed E-state index contributed by atoms with van der Waals surface area (Å²) in [6, 6.07) is 16.3. The van der Waals surface area contributed by atoms with Crippen LogP contribution in [0.1, 0.15) is 32.3 Å². The minimum atomic E-state index is 0.0891. The van der Waals surface area contributed by atoms with Crippen LogP contribution in [0.2, 0.25) is 0 Å². The molecule has 1 fully saturated rings. The van der Waals surface area contributed by atoms with Gasteiger partial charge in [0.15, 0.2) is 6.54 Å². The smallest absolute Gasteiger partial charge is 0.279 e. The number of hydrogen-bond acceptors (Lipinski definition) is 3. The highest BCUT2D eigenvalue weighted by atomic mass is 16.5. The van der Waals surface area contributed by atoms with Crippen molar-refractivity contribution in [3.05, 3.63) is 54.1 Å². The molecule has 1 aliphatic heterocycles. The maximum Gasteiger partial charge on any atom is 0.279 e. The van der Waals surface area contributed by atoms with Crippen molar-refractivity contribution in [2.75, 3.05) is 49.5 Å². The number of benzene rings is 2. The Bertz CT molecular complexity index is 783. The molecule has 28 heavy (non-hydrogen) atoms. The summed E-state index contributed by atoms with van der Waals surface area (Å²) >= 11 is 0. The highest BCUT2D eigenvalue weighted by Gasteiger charge is 2.24. The topological polar surface area (TPSA) is 46.0 Å². The predicted octanol–water partition coefficient (Wildman–Crippen LogP) is 2.55. The van der Waals surface area contributed by atoms with Crippen molar-refractivity contribution in [3.63, 3.8) is 0 Å². The molecular formula is C23H32N3O2+. The molecule has 5 nitrogen and oxygen atoms in total. The summed E-state index contributed by atoms with van der Waals surface area (Å²) < 4.78 is 5.77. The van der Waals surface area contributed by atoms with E-state index in [4.69, 9.17) is 4.74 Å². The summed E-state index contributed by atoms with van der Waals surface area (Å²) in [5, 5.41) is 3.11. The molecule has 0 aliphatic carbocycles. The molecule has 5 heteroatoms. The number of amides is 1. The van der Waals surface area contributed by atoms with Crippen molar-refractivity contribution >= 4 is 17.3 Å². The number of carbonyl (C=O) groups is 1. The van der Waals surface area contributed by atoms with E-state index in [1.807, 2.05) is 37.3 Å². The number of hydrogen-bond donors (Lipinski definition) is 2. The molecule has 0 saturated carbocycles. The molecule has 3 rings (SSSR count). The van der Waals surface area contributed by atoms with Gasteiger partial charge in [0.2, 0.25) is 0 Å². The lowest BCUT2D eigenvalue weighted by Crippen LogP contribution is -3.15. The van der Waals surface area contributed by atoms with Crippen LogP contribution < -0.4 is 19.9 Å². The zero-order valence-corrected chi connectivity index (χ0v) is 17.2. The standard InChI is InChI=1S/C23H31N3O2/c1-4-28-22-12-8-7-11-21(22)26-15-13-25(14-16-26)17-23(27)24-20-10-6-5-9-19(20)18(2)3/h5-12,18H,4,13-17H2,1-3H3,(H,24,27)/p+1. The van der Waals surface area contributed by atoms with Crippen LogP contribution in [-0.4, -0.2) is 45.2 Å². The maximum atomic E-state index is 12.6. The van der Waals surface area contributed by atoms with Crippen LogP contribution in [0.5, 0.6) is 5.75 Å². The molecule has 1 heterocycles. The minimum absolute atomic E-state index is 0.0891. The Labute approximate surface area is 168 Å². The number of piperazine rings is 1. The molecular weight excluding hydrogens is 350 g/mol. The van der Waals surface area contributed by atoms with Crippen molar-refractivity contribution in [2.24, 2.45) is 0 Å². The Morgan fingerprint density at radius 1 is 1.11 bits per heavy atom. The number of nitrogens with one attached hydrogen (secondary N) is 2. The van der Waals surface area contributed by atoms with E-state index >= 15 is 0 Å². The molecule has 150 valence electrons. The first kappa shape index (κ1) is 20.2. The van der Waals surface area contributed by atoms with E-state index in [1.54, 1.807) is 0 Å². The average Bonchev–Trinajstić information content (AvgIpc) is 2.69. The van der Waals surface area contributed by atoms with Crippen LogP contribution in [0.15, 0.2) is 48.5 Å². The normalized spacial score (nSPS) is 14.9. The van der Waals surface area contributed by atoms with Crippen molar-refractivity contribution in [1.29, 1.82) is 0 Å². The van der Waals surface area contributed by atoms with Gasteiger partial charge in [-0.15, -0.1) is 0 Å². The third-order valence-electron chi connectivity index (χ3n) is 5.24. The quantitative estimate of drug-likeness (QED) is 0.774. The van der Waals surface area contributed by atoms with Gasteiger partial charge in [-0.3, -0.25) is 4.79 Å². The van der Waals surface area contributed by atoms with Crippen LogP contribution >= 0.6 is 0 Å². The van der Waals surface area contributed by atoms with Gasteiger partial charge in [0.25, 0.3) is 5.91 Å². The van der Waals surface area contributed by atoms with Gasteiger partial charge in [0.1, 0.15) is 5.75 Å².